The summed E-state index contributed by atoms with van der Waals surface area (Å²) in [6, 6.07) is 0. The first kappa shape index (κ1) is 16.4. The largest absolute Gasteiger partial charge is 0.480 e. The van der Waals surface area contributed by atoms with E-state index in [0.29, 0.717) is 6.42 Å². The zero-order chi connectivity index (χ0) is 11.8. The fourth-order valence-electron chi connectivity index (χ4n) is 0.586. The molecule has 0 aromatic rings. The van der Waals surface area contributed by atoms with Crippen molar-refractivity contribution in [1.82, 2.24) is 0 Å². The molecular weight excluding hydrogens is 583 g/mol. The van der Waals surface area contributed by atoms with Crippen molar-refractivity contribution in [3.05, 3.63) is 0 Å². The smallest absolute Gasteiger partial charge is 0.333 e. The predicted octanol–water partition coefficient (Wildman–Crippen LogP) is 4.94. The maximum atomic E-state index is 11.0. The fraction of sp³-hybridized carbons (Fsp3) is 0.833. The molecule has 0 aromatic carbocycles. The molecule has 2 nitrogen and oxygen atoms in total. The SMILES string of the molecule is CCC(Br)(Br)C(Br)(Br)C(Br)(Br)C(=O)O. The van der Waals surface area contributed by atoms with Crippen LogP contribution in [-0.2, 0) is 4.79 Å². The predicted molar refractivity (Wildman–Crippen MR) is 79.7 cm³/mol. The molecule has 0 aliphatic carbocycles. The third kappa shape index (κ3) is 2.97. The van der Waals surface area contributed by atoms with Crippen LogP contribution in [-0.4, -0.2) is 20.8 Å². The van der Waals surface area contributed by atoms with Crippen molar-refractivity contribution < 1.29 is 9.90 Å². The van der Waals surface area contributed by atoms with Crippen LogP contribution < -0.4 is 0 Å². The average Bonchev–Trinajstić information content (AvgIpc) is 2.03. The lowest BCUT2D eigenvalue weighted by Crippen LogP contribution is -2.51. The Bertz CT molecular complexity index is 236. The Morgan fingerprint density at radius 1 is 1.14 bits per heavy atom. The van der Waals surface area contributed by atoms with Crippen molar-refractivity contribution >= 4 is 102 Å². The second-order valence-corrected chi connectivity index (χ2v) is 13.2. The number of hydrogen-bond acceptors (Lipinski definition) is 1. The molecule has 0 spiro atoms. The van der Waals surface area contributed by atoms with Crippen LogP contribution >= 0.6 is 95.6 Å². The zero-order valence-corrected chi connectivity index (χ0v) is 16.3. The summed E-state index contributed by atoms with van der Waals surface area (Å²) in [7, 11) is 0. The van der Waals surface area contributed by atoms with Crippen molar-refractivity contribution in [1.29, 1.82) is 0 Å². The molecule has 0 amide bonds. The molecule has 0 aliphatic rings. The lowest BCUT2D eigenvalue weighted by Gasteiger charge is -2.40. The van der Waals surface area contributed by atoms with Crippen molar-refractivity contribution in [2.24, 2.45) is 0 Å². The minimum Gasteiger partial charge on any atom is -0.480 e. The van der Waals surface area contributed by atoms with E-state index in [4.69, 9.17) is 5.11 Å². The zero-order valence-electron chi connectivity index (χ0n) is 6.83. The van der Waals surface area contributed by atoms with Gasteiger partial charge in [0.1, 0.15) is 6.47 Å². The number of halogens is 6. The summed E-state index contributed by atoms with van der Waals surface area (Å²) in [5, 5.41) is 9.04. The second-order valence-electron chi connectivity index (χ2n) is 2.51. The summed E-state index contributed by atoms with van der Waals surface area (Å²) < 4.78 is -2.89. The number of hydrogen-bond donors (Lipinski definition) is 1. The first-order valence-electron chi connectivity index (χ1n) is 3.37. The normalized spacial score (nSPS) is 14.2. The van der Waals surface area contributed by atoms with E-state index in [1.165, 1.54) is 0 Å². The van der Waals surface area contributed by atoms with Crippen LogP contribution in [0.25, 0.3) is 0 Å². The Labute approximate surface area is 133 Å². The number of carbonyl (C=O) groups is 1. The second kappa shape index (κ2) is 5.33. The molecule has 0 saturated heterocycles. The Balaban J connectivity index is 5.24. The molecule has 0 unspecified atom stereocenters. The summed E-state index contributed by atoms with van der Waals surface area (Å²) in [6.45, 7) is 1.92. The molecule has 0 bridgehead atoms. The Kier molecular flexibility index (Phi) is 6.23. The number of carboxylic acids is 1. The van der Waals surface area contributed by atoms with E-state index < -0.39 is 15.7 Å². The summed E-state index contributed by atoms with van der Waals surface area (Å²) >= 11 is 19.7. The van der Waals surface area contributed by atoms with E-state index in [9.17, 15) is 4.79 Å². The highest BCUT2D eigenvalue weighted by atomic mass is 79.9. The van der Waals surface area contributed by atoms with Crippen LogP contribution in [0.2, 0.25) is 0 Å². The average molecular weight is 590 g/mol. The van der Waals surface area contributed by atoms with Gasteiger partial charge in [0.25, 0.3) is 0 Å². The summed E-state index contributed by atoms with van der Waals surface area (Å²) in [4.78, 5) is 11.0. The van der Waals surface area contributed by atoms with Crippen molar-refractivity contribution in [3.8, 4) is 0 Å². The van der Waals surface area contributed by atoms with Crippen LogP contribution in [0.5, 0.6) is 0 Å². The van der Waals surface area contributed by atoms with E-state index in [1.54, 1.807) is 0 Å². The van der Waals surface area contributed by atoms with E-state index in [-0.39, 0.29) is 0 Å². The molecule has 84 valence electrons. The monoisotopic (exact) mass is 584 g/mol. The highest BCUT2D eigenvalue weighted by molar-refractivity contribution is 9.33. The van der Waals surface area contributed by atoms with Gasteiger partial charge in [-0.15, -0.1) is 0 Å². The molecule has 0 rings (SSSR count). The van der Waals surface area contributed by atoms with Gasteiger partial charge in [-0.05, 0) is 6.42 Å². The highest BCUT2D eigenvalue weighted by Gasteiger charge is 2.60. The van der Waals surface area contributed by atoms with Crippen LogP contribution in [0.4, 0.5) is 0 Å². The molecular formula is C6H6Br6O2. The van der Waals surface area contributed by atoms with Gasteiger partial charge in [0, 0.05) is 0 Å². The quantitative estimate of drug-likeness (QED) is 0.472. The molecule has 14 heavy (non-hydrogen) atoms. The number of aliphatic carboxylic acids is 1. The van der Waals surface area contributed by atoms with Gasteiger partial charge in [0.05, 0.1) is 0 Å². The molecule has 0 heterocycles. The third-order valence-electron chi connectivity index (χ3n) is 1.57. The van der Waals surface area contributed by atoms with E-state index in [2.05, 4.69) is 95.6 Å². The molecule has 1 N–H and O–H groups in total. The van der Waals surface area contributed by atoms with Crippen LogP contribution in [0.15, 0.2) is 0 Å². The minimum atomic E-state index is -1.34. The molecule has 0 saturated carbocycles. The van der Waals surface area contributed by atoms with Gasteiger partial charge in [0.15, 0.2) is 0 Å². The molecule has 8 heteroatoms. The van der Waals surface area contributed by atoms with Gasteiger partial charge >= 0.3 is 5.97 Å². The van der Waals surface area contributed by atoms with E-state index in [1.807, 2.05) is 6.92 Å². The van der Waals surface area contributed by atoms with E-state index >= 15 is 0 Å². The molecule has 0 aliphatic heterocycles. The molecule has 0 radical (unpaired) electrons. The Morgan fingerprint density at radius 2 is 1.50 bits per heavy atom. The van der Waals surface area contributed by atoms with Gasteiger partial charge in [0.2, 0.25) is 3.23 Å². The summed E-state index contributed by atoms with van der Waals surface area (Å²) in [5.41, 5.74) is 0. The lowest BCUT2D eigenvalue weighted by atomic mass is 10.2. The van der Waals surface area contributed by atoms with Gasteiger partial charge in [-0.2, -0.15) is 0 Å². The number of carboxylic acid groups (broad SMARTS) is 1. The Morgan fingerprint density at radius 3 is 1.71 bits per heavy atom. The Hall–Kier alpha value is 2.35. The van der Waals surface area contributed by atoms with Crippen molar-refractivity contribution in [2.45, 2.75) is 23.0 Å². The summed E-state index contributed by atoms with van der Waals surface area (Å²) in [5.74, 6) is -1.04. The fourth-order valence-corrected chi connectivity index (χ4v) is 3.82. The number of alkyl halides is 6. The van der Waals surface area contributed by atoms with Gasteiger partial charge in [-0.1, -0.05) is 103 Å². The first-order valence-corrected chi connectivity index (χ1v) is 8.13. The van der Waals surface area contributed by atoms with Crippen LogP contribution in [0, 0.1) is 0 Å². The van der Waals surface area contributed by atoms with Crippen LogP contribution in [0.1, 0.15) is 13.3 Å². The lowest BCUT2D eigenvalue weighted by molar-refractivity contribution is -0.137. The van der Waals surface area contributed by atoms with Crippen molar-refractivity contribution in [2.75, 3.05) is 0 Å². The van der Waals surface area contributed by atoms with Crippen molar-refractivity contribution in [3.63, 3.8) is 0 Å². The third-order valence-corrected chi connectivity index (χ3v) is 12.5. The van der Waals surface area contributed by atoms with E-state index in [0.717, 1.165) is 0 Å². The minimum absolute atomic E-state index is 0.613. The van der Waals surface area contributed by atoms with Gasteiger partial charge < -0.3 is 5.11 Å². The van der Waals surface area contributed by atoms with Gasteiger partial charge in [-0.3, -0.25) is 0 Å². The van der Waals surface area contributed by atoms with Gasteiger partial charge in [-0.25, -0.2) is 4.79 Å². The maximum Gasteiger partial charge on any atom is 0.333 e. The first-order chi connectivity index (χ1) is 6.00. The molecule has 0 atom stereocenters. The summed E-state index contributed by atoms with van der Waals surface area (Å²) in [6.07, 6.45) is 0.662. The van der Waals surface area contributed by atoms with Crippen LogP contribution in [0.3, 0.4) is 0 Å². The highest BCUT2D eigenvalue weighted by Crippen LogP contribution is 2.61. The maximum absolute atomic E-state index is 11.0. The molecule has 0 aromatic heterocycles. The number of rotatable bonds is 4. The molecule has 0 fully saturated rings. The topological polar surface area (TPSA) is 37.3 Å². The standard InChI is InChI=1S/C6H6Br6O2/c1-2-4(7,8)6(11,12)5(9,10)3(13)14/h2H2,1H3,(H,13,14).